The number of carbonyl (C=O) groups excluding carboxylic acids is 4. The number of piperazine rings is 1. The van der Waals surface area contributed by atoms with Crippen molar-refractivity contribution in [2.24, 2.45) is 0 Å². The number of hydrogen-bond donors (Lipinski definition) is 1. The summed E-state index contributed by atoms with van der Waals surface area (Å²) in [5, 5.41) is 3.64. The van der Waals surface area contributed by atoms with E-state index in [0.717, 1.165) is 47.8 Å². The van der Waals surface area contributed by atoms with E-state index in [1.807, 2.05) is 30.3 Å². The Balaban J connectivity index is 1.05. The van der Waals surface area contributed by atoms with E-state index in [0.29, 0.717) is 27.7 Å². The maximum atomic E-state index is 13.2. The van der Waals surface area contributed by atoms with Crippen LogP contribution >= 0.6 is 23.2 Å². The van der Waals surface area contributed by atoms with Crippen molar-refractivity contribution in [1.29, 1.82) is 0 Å². The molecule has 7 rings (SSSR count). The number of imide groups is 2. The van der Waals surface area contributed by atoms with Gasteiger partial charge >= 0.3 is 0 Å². The van der Waals surface area contributed by atoms with Gasteiger partial charge in [0.15, 0.2) is 0 Å². The third-order valence-electron chi connectivity index (χ3n) is 8.59. The van der Waals surface area contributed by atoms with Crippen LogP contribution in [-0.2, 0) is 16.1 Å². The first-order valence-electron chi connectivity index (χ1n) is 13.7. The number of hydrogen-bond acceptors (Lipinski definition) is 6. The Morgan fingerprint density at radius 1 is 0.732 bits per heavy atom. The zero-order chi connectivity index (χ0) is 28.4. The molecule has 3 aliphatic heterocycles. The van der Waals surface area contributed by atoms with Crippen LogP contribution in [0.5, 0.6) is 0 Å². The molecule has 4 aliphatic rings. The van der Waals surface area contributed by atoms with Gasteiger partial charge in [0.05, 0.1) is 17.2 Å². The van der Waals surface area contributed by atoms with Gasteiger partial charge in [0.25, 0.3) is 11.8 Å². The van der Waals surface area contributed by atoms with E-state index in [1.54, 1.807) is 12.1 Å². The predicted molar refractivity (Wildman–Crippen MR) is 154 cm³/mol. The molecule has 8 nitrogen and oxygen atoms in total. The van der Waals surface area contributed by atoms with Gasteiger partial charge in [0.1, 0.15) is 6.04 Å². The van der Waals surface area contributed by atoms with Crippen molar-refractivity contribution < 1.29 is 19.2 Å². The number of carbonyl (C=O) groups is 4. The van der Waals surface area contributed by atoms with E-state index in [-0.39, 0.29) is 24.8 Å². The molecule has 3 aromatic carbocycles. The van der Waals surface area contributed by atoms with E-state index >= 15 is 0 Å². The van der Waals surface area contributed by atoms with Crippen LogP contribution < -0.4 is 5.32 Å². The summed E-state index contributed by atoms with van der Waals surface area (Å²) in [4.78, 5) is 56.0. The van der Waals surface area contributed by atoms with Crippen molar-refractivity contribution in [1.82, 2.24) is 20.0 Å². The van der Waals surface area contributed by atoms with Gasteiger partial charge in [-0.25, -0.2) is 0 Å². The highest BCUT2D eigenvalue weighted by atomic mass is 35.5. The lowest BCUT2D eigenvalue weighted by Gasteiger charge is -2.38. The summed E-state index contributed by atoms with van der Waals surface area (Å²) in [5.41, 5.74) is 6.28. The molecule has 1 N–H and O–H groups in total. The van der Waals surface area contributed by atoms with Gasteiger partial charge in [-0.3, -0.25) is 39.2 Å². The lowest BCUT2D eigenvalue weighted by Crippen LogP contribution is -2.54. The molecule has 2 fully saturated rings. The number of nitrogens with zero attached hydrogens (tertiary/aromatic N) is 3. The number of nitrogens with one attached hydrogen (secondary N) is 1. The maximum absolute atomic E-state index is 13.2. The Kier molecular flexibility index (Phi) is 6.47. The molecule has 3 aromatic rings. The highest BCUT2D eigenvalue weighted by molar-refractivity contribution is 6.31. The molecule has 3 heterocycles. The monoisotopic (exact) mass is 588 g/mol. The molecule has 41 heavy (non-hydrogen) atoms. The van der Waals surface area contributed by atoms with Crippen molar-refractivity contribution in [2.75, 3.05) is 26.2 Å². The second-order valence-corrected chi connectivity index (χ2v) is 11.9. The van der Waals surface area contributed by atoms with Gasteiger partial charge in [-0.05, 0) is 70.6 Å². The Morgan fingerprint density at radius 2 is 1.37 bits per heavy atom. The van der Waals surface area contributed by atoms with Crippen LogP contribution in [0.3, 0.4) is 0 Å². The summed E-state index contributed by atoms with van der Waals surface area (Å²) in [6.07, 6.45) is 0.240. The standard InChI is InChI=1S/C31H26Cl2N4O4/c32-18-2-5-20-23(14-18)24-15-19(33)3-6-21(24)28(20)36-11-9-35(10-12-36)16-17-1-4-22-25(13-17)31(41)37(30(22)40)26-7-8-27(38)34-29(26)39/h1-6,13-15,26,28H,7-12,16H2,(H,34,38,39). The fourth-order valence-corrected chi connectivity index (χ4v) is 6.96. The maximum Gasteiger partial charge on any atom is 0.262 e. The van der Waals surface area contributed by atoms with Crippen molar-refractivity contribution in [3.63, 3.8) is 0 Å². The minimum atomic E-state index is -0.963. The Morgan fingerprint density at radius 3 is 2.00 bits per heavy atom. The largest absolute Gasteiger partial charge is 0.297 e. The first-order valence-corrected chi connectivity index (χ1v) is 14.4. The highest BCUT2D eigenvalue weighted by Crippen LogP contribution is 2.48. The molecule has 4 amide bonds. The van der Waals surface area contributed by atoms with Crippen LogP contribution in [0.2, 0.25) is 10.0 Å². The quantitative estimate of drug-likeness (QED) is 0.457. The zero-order valence-corrected chi connectivity index (χ0v) is 23.5. The van der Waals surface area contributed by atoms with Crippen molar-refractivity contribution in [2.45, 2.75) is 31.5 Å². The molecule has 2 saturated heterocycles. The summed E-state index contributed by atoms with van der Waals surface area (Å²) in [5.74, 6) is -1.96. The average molecular weight is 589 g/mol. The molecule has 0 bridgehead atoms. The third kappa shape index (κ3) is 4.46. The Hall–Kier alpha value is -3.56. The normalized spacial score (nSPS) is 21.2. The molecule has 0 aromatic heterocycles. The minimum Gasteiger partial charge on any atom is -0.297 e. The molecule has 0 saturated carbocycles. The zero-order valence-electron chi connectivity index (χ0n) is 22.0. The summed E-state index contributed by atoms with van der Waals surface area (Å²) in [7, 11) is 0. The van der Waals surface area contributed by atoms with Crippen molar-refractivity contribution in [3.8, 4) is 11.1 Å². The first-order chi connectivity index (χ1) is 19.8. The van der Waals surface area contributed by atoms with E-state index in [4.69, 9.17) is 23.2 Å². The molecule has 0 radical (unpaired) electrons. The third-order valence-corrected chi connectivity index (χ3v) is 9.06. The fourth-order valence-electron chi connectivity index (χ4n) is 6.62. The highest BCUT2D eigenvalue weighted by Gasteiger charge is 2.44. The Bertz CT molecular complexity index is 1600. The minimum absolute atomic E-state index is 0.0978. The van der Waals surface area contributed by atoms with Gasteiger partial charge in [0.2, 0.25) is 11.8 Å². The summed E-state index contributed by atoms with van der Waals surface area (Å²) < 4.78 is 0. The molecule has 1 unspecified atom stereocenters. The summed E-state index contributed by atoms with van der Waals surface area (Å²) in [6, 6.07) is 16.6. The number of fused-ring (bicyclic) bond motifs is 4. The molecule has 1 atom stereocenters. The molecule has 0 spiro atoms. The average Bonchev–Trinajstić information content (AvgIpc) is 3.39. The molecular formula is C31H26Cl2N4O4. The molecule has 10 heteroatoms. The smallest absolute Gasteiger partial charge is 0.262 e. The number of benzene rings is 3. The molecule has 208 valence electrons. The summed E-state index contributed by atoms with van der Waals surface area (Å²) in [6.45, 7) is 4.05. The van der Waals surface area contributed by atoms with Gasteiger partial charge in [-0.15, -0.1) is 0 Å². The van der Waals surface area contributed by atoms with Crippen molar-refractivity contribution in [3.05, 3.63) is 92.5 Å². The Labute approximate surface area is 246 Å². The predicted octanol–water partition coefficient (Wildman–Crippen LogP) is 4.28. The van der Waals surface area contributed by atoms with Crippen LogP contribution in [0.15, 0.2) is 54.6 Å². The van der Waals surface area contributed by atoms with Crippen LogP contribution in [0.25, 0.3) is 11.1 Å². The van der Waals surface area contributed by atoms with Gasteiger partial charge in [-0.2, -0.15) is 0 Å². The SMILES string of the molecule is O=C1CCC(N2C(=O)c3ccc(CN4CCN(C5c6ccc(Cl)cc6-c6cc(Cl)ccc65)CC4)cc3C2=O)C(=O)N1. The fraction of sp³-hybridized carbons (Fsp3) is 0.290. The number of piperidine rings is 1. The van der Waals surface area contributed by atoms with Crippen molar-refractivity contribution >= 4 is 46.8 Å². The van der Waals surface area contributed by atoms with Gasteiger partial charge in [-0.1, -0.05) is 41.4 Å². The van der Waals surface area contributed by atoms with Crippen LogP contribution in [0.1, 0.15) is 56.3 Å². The summed E-state index contributed by atoms with van der Waals surface area (Å²) >= 11 is 12.7. The van der Waals surface area contributed by atoms with Crippen LogP contribution in [-0.4, -0.2) is 70.5 Å². The lowest BCUT2D eigenvalue weighted by molar-refractivity contribution is -0.136. The second-order valence-electron chi connectivity index (χ2n) is 11.0. The van der Waals surface area contributed by atoms with Gasteiger partial charge < -0.3 is 0 Å². The van der Waals surface area contributed by atoms with E-state index < -0.39 is 23.8 Å². The van der Waals surface area contributed by atoms with E-state index in [9.17, 15) is 19.2 Å². The first kappa shape index (κ1) is 26.3. The molecular weight excluding hydrogens is 563 g/mol. The van der Waals surface area contributed by atoms with E-state index in [1.165, 1.54) is 11.1 Å². The lowest BCUT2D eigenvalue weighted by atomic mass is 10.0. The van der Waals surface area contributed by atoms with E-state index in [2.05, 4.69) is 27.2 Å². The second kappa shape index (κ2) is 10.1. The molecule has 1 aliphatic carbocycles. The van der Waals surface area contributed by atoms with Gasteiger partial charge in [0, 0.05) is 49.2 Å². The van der Waals surface area contributed by atoms with Crippen LogP contribution in [0, 0.1) is 0 Å². The number of amides is 4. The van der Waals surface area contributed by atoms with Crippen LogP contribution in [0.4, 0.5) is 0 Å². The topological polar surface area (TPSA) is 90.0 Å². The number of halogens is 2. The number of rotatable bonds is 4.